The van der Waals surface area contributed by atoms with E-state index in [1.54, 1.807) is 41.5 Å². The summed E-state index contributed by atoms with van der Waals surface area (Å²) in [6, 6.07) is 0. The Labute approximate surface area is 163 Å². The van der Waals surface area contributed by atoms with Crippen molar-refractivity contribution in [3.8, 4) is 0 Å². The first-order chi connectivity index (χ1) is 11.1. The van der Waals surface area contributed by atoms with Crippen LogP contribution in [0, 0.1) is 0 Å². The van der Waals surface area contributed by atoms with Crippen LogP contribution in [0.1, 0.15) is 67.2 Å². The van der Waals surface area contributed by atoms with Crippen LogP contribution in [0.15, 0.2) is 0 Å². The zero-order chi connectivity index (χ0) is 19.1. The summed E-state index contributed by atoms with van der Waals surface area (Å²) in [5, 5.41) is 0. The summed E-state index contributed by atoms with van der Waals surface area (Å²) < 4.78 is 0. The number of hydrogen-bond acceptors (Lipinski definition) is 8. The van der Waals surface area contributed by atoms with E-state index in [0.717, 1.165) is 0 Å². The molecule has 0 aromatic rings. The van der Waals surface area contributed by atoms with Gasteiger partial charge in [0, 0.05) is 34.6 Å². The van der Waals surface area contributed by atoms with Crippen molar-refractivity contribution in [3.05, 3.63) is 0 Å². The van der Waals surface area contributed by atoms with Crippen LogP contribution in [-0.4, -0.2) is 35.7 Å². The third kappa shape index (κ3) is 22.9. The van der Waals surface area contributed by atoms with Gasteiger partial charge in [-0.15, -0.1) is 0 Å². The van der Waals surface area contributed by atoms with Crippen LogP contribution in [0.25, 0.3) is 0 Å². The Morgan fingerprint density at radius 3 is 1.16 bits per heavy atom. The first-order valence-electron chi connectivity index (χ1n) is 7.87. The van der Waals surface area contributed by atoms with Crippen molar-refractivity contribution in [2.24, 2.45) is 0 Å². The third-order valence-electron chi connectivity index (χ3n) is 2.14. The number of carbonyl (C=O) groups is 4. The minimum Gasteiger partial charge on any atom is -0.299 e. The van der Waals surface area contributed by atoms with Gasteiger partial charge in [-0.05, 0) is 27.7 Å². The molecule has 0 amide bonds. The number of hydrogen-bond donors (Lipinski definition) is 0. The van der Waals surface area contributed by atoms with Crippen molar-refractivity contribution in [2.45, 2.75) is 79.4 Å². The maximum atomic E-state index is 10.7. The van der Waals surface area contributed by atoms with Crippen LogP contribution < -0.4 is 0 Å². The number of ketones is 2. The largest absolute Gasteiger partial charge is 0.349 e. The summed E-state index contributed by atoms with van der Waals surface area (Å²) in [6.45, 7) is 10.3. The van der Waals surface area contributed by atoms with E-state index in [1.807, 2.05) is 0 Å². The summed E-state index contributed by atoms with van der Waals surface area (Å²) in [7, 11) is 0. The van der Waals surface area contributed by atoms with Gasteiger partial charge < -0.3 is 0 Å². The standard InChI is InChI=1S/2C8H14O4.Ti/c2*1-4-7(9)5-8(10)12-11-6(2)3;/h2*6H,4-5H2,1-3H3;. The van der Waals surface area contributed by atoms with Gasteiger partial charge >= 0.3 is 11.9 Å². The molecule has 0 aromatic carbocycles. The Hall–Kier alpha value is -1.09. The average molecular weight is 396 g/mol. The normalized spacial score (nSPS) is 9.60. The molecule has 0 aliphatic rings. The first-order valence-corrected chi connectivity index (χ1v) is 7.87. The van der Waals surface area contributed by atoms with Crippen LogP contribution in [0.3, 0.4) is 0 Å². The Morgan fingerprint density at radius 1 is 0.680 bits per heavy atom. The molecule has 0 saturated carbocycles. The minimum atomic E-state index is -0.629. The quantitative estimate of drug-likeness (QED) is 0.240. The molecule has 9 heteroatoms. The molecule has 0 bridgehead atoms. The van der Waals surface area contributed by atoms with E-state index in [9.17, 15) is 19.2 Å². The van der Waals surface area contributed by atoms with E-state index in [-0.39, 0.29) is 58.3 Å². The molecule has 0 radical (unpaired) electrons. The van der Waals surface area contributed by atoms with Crippen LogP contribution in [0.2, 0.25) is 0 Å². The van der Waals surface area contributed by atoms with E-state index in [4.69, 9.17) is 0 Å². The van der Waals surface area contributed by atoms with E-state index >= 15 is 0 Å². The van der Waals surface area contributed by atoms with Crippen molar-refractivity contribution in [2.75, 3.05) is 0 Å². The van der Waals surface area contributed by atoms with Crippen molar-refractivity contribution >= 4 is 23.5 Å². The molecular formula is C16H28O8Ti. The molecule has 0 aliphatic carbocycles. The van der Waals surface area contributed by atoms with Crippen molar-refractivity contribution < 1.29 is 60.4 Å². The van der Waals surface area contributed by atoms with Gasteiger partial charge in [0.25, 0.3) is 0 Å². The monoisotopic (exact) mass is 396 g/mol. The topological polar surface area (TPSA) is 105 Å². The summed E-state index contributed by atoms with van der Waals surface area (Å²) >= 11 is 0. The van der Waals surface area contributed by atoms with E-state index in [1.165, 1.54) is 0 Å². The summed E-state index contributed by atoms with van der Waals surface area (Å²) in [6.07, 6.45) is -0.0728. The summed E-state index contributed by atoms with van der Waals surface area (Å²) in [4.78, 5) is 60.6. The zero-order valence-electron chi connectivity index (χ0n) is 15.7. The molecule has 144 valence electrons. The van der Waals surface area contributed by atoms with Crippen LogP contribution >= 0.6 is 0 Å². The predicted molar refractivity (Wildman–Crippen MR) is 84.5 cm³/mol. The van der Waals surface area contributed by atoms with Gasteiger partial charge in [0.1, 0.15) is 24.4 Å². The van der Waals surface area contributed by atoms with Crippen molar-refractivity contribution in [3.63, 3.8) is 0 Å². The van der Waals surface area contributed by atoms with Crippen LogP contribution in [-0.2, 0) is 60.4 Å². The first kappa shape index (κ1) is 28.7. The van der Waals surface area contributed by atoms with Crippen LogP contribution in [0.5, 0.6) is 0 Å². The molecule has 0 N–H and O–H groups in total. The minimum absolute atomic E-state index is 0. The SMILES string of the molecule is CCC(=O)CC(=O)OOC(C)C.CCC(=O)CC(=O)OOC(C)C.[Ti]. The van der Waals surface area contributed by atoms with Gasteiger partial charge in [0.15, 0.2) is 0 Å². The van der Waals surface area contributed by atoms with Gasteiger partial charge in [-0.1, -0.05) is 13.8 Å². The van der Waals surface area contributed by atoms with Gasteiger partial charge in [-0.2, -0.15) is 9.78 Å². The van der Waals surface area contributed by atoms with Gasteiger partial charge in [-0.3, -0.25) is 19.4 Å². The Bertz CT molecular complexity index is 369. The number of Topliss-reactive ketones (excluding diaryl/α,β-unsaturated/α-hetero) is 2. The fourth-order valence-electron chi connectivity index (χ4n) is 0.931. The molecule has 0 atom stereocenters. The van der Waals surface area contributed by atoms with Crippen molar-refractivity contribution in [1.82, 2.24) is 0 Å². The molecule has 0 heterocycles. The molecule has 0 saturated heterocycles. The third-order valence-corrected chi connectivity index (χ3v) is 2.14. The Balaban J connectivity index is -0.000000372. The van der Waals surface area contributed by atoms with Crippen molar-refractivity contribution in [1.29, 1.82) is 0 Å². The maximum absolute atomic E-state index is 10.7. The molecule has 25 heavy (non-hydrogen) atoms. The van der Waals surface area contributed by atoms with E-state index in [0.29, 0.717) is 12.8 Å². The molecule has 0 fully saturated rings. The zero-order valence-corrected chi connectivity index (χ0v) is 17.3. The van der Waals surface area contributed by atoms with E-state index < -0.39 is 11.9 Å². The summed E-state index contributed by atoms with van der Waals surface area (Å²) in [5.41, 5.74) is 0. The Kier molecular flexibility index (Phi) is 20.4. The molecule has 0 aromatic heterocycles. The molecular weight excluding hydrogens is 368 g/mol. The fourth-order valence-corrected chi connectivity index (χ4v) is 0.931. The fraction of sp³-hybridized carbons (Fsp3) is 0.750. The van der Waals surface area contributed by atoms with Crippen LogP contribution in [0.4, 0.5) is 0 Å². The predicted octanol–water partition coefficient (Wildman–Crippen LogP) is 2.48. The molecule has 0 rings (SSSR count). The maximum Gasteiger partial charge on any atom is 0.349 e. The Morgan fingerprint density at radius 2 is 0.960 bits per heavy atom. The number of rotatable bonds is 10. The second-order valence-electron chi connectivity index (χ2n) is 5.34. The van der Waals surface area contributed by atoms with Gasteiger partial charge in [0.05, 0.1) is 12.2 Å². The van der Waals surface area contributed by atoms with E-state index in [2.05, 4.69) is 19.6 Å². The molecule has 8 nitrogen and oxygen atoms in total. The average Bonchev–Trinajstić information content (AvgIpc) is 2.51. The number of carbonyl (C=O) groups excluding carboxylic acids is 4. The molecule has 0 spiro atoms. The second-order valence-corrected chi connectivity index (χ2v) is 5.34. The summed E-state index contributed by atoms with van der Waals surface area (Å²) in [5.74, 6) is -1.55. The second kappa shape index (κ2) is 17.7. The molecule has 0 aliphatic heterocycles. The van der Waals surface area contributed by atoms with Gasteiger partial charge in [0.2, 0.25) is 0 Å². The smallest absolute Gasteiger partial charge is 0.299 e. The molecule has 0 unspecified atom stereocenters. The van der Waals surface area contributed by atoms with Gasteiger partial charge in [-0.25, -0.2) is 9.59 Å².